The van der Waals surface area contributed by atoms with Gasteiger partial charge in [-0.25, -0.2) is 4.39 Å². The van der Waals surface area contributed by atoms with Crippen molar-refractivity contribution in [3.05, 3.63) is 29.6 Å². The average molecular weight is 281 g/mol. The maximum absolute atomic E-state index is 13.3. The number of ketones is 1. The van der Waals surface area contributed by atoms with Crippen molar-refractivity contribution in [1.29, 1.82) is 0 Å². The van der Waals surface area contributed by atoms with Gasteiger partial charge in [0.2, 0.25) is 0 Å². The molecular formula is C15H20FNO3. The maximum Gasteiger partial charge on any atom is 0.180 e. The number of likely N-dealkylation sites (tertiary alicyclic amines) is 1. The van der Waals surface area contributed by atoms with E-state index in [1.54, 1.807) is 0 Å². The maximum atomic E-state index is 13.3. The van der Waals surface area contributed by atoms with Crippen LogP contribution in [0.5, 0.6) is 5.75 Å². The van der Waals surface area contributed by atoms with Gasteiger partial charge in [0.15, 0.2) is 5.78 Å². The minimum absolute atomic E-state index is 0.164. The van der Waals surface area contributed by atoms with Gasteiger partial charge in [-0.1, -0.05) is 0 Å². The number of nitrogens with zero attached hydrogens (tertiary/aromatic N) is 1. The number of benzene rings is 1. The van der Waals surface area contributed by atoms with Crippen molar-refractivity contribution >= 4 is 5.78 Å². The quantitative estimate of drug-likeness (QED) is 0.856. The number of carbonyl (C=O) groups excluding carboxylic acids is 1. The van der Waals surface area contributed by atoms with E-state index in [0.717, 1.165) is 0 Å². The molecule has 0 bridgehead atoms. The van der Waals surface area contributed by atoms with Crippen LogP contribution >= 0.6 is 0 Å². The number of methoxy groups -OCH3 is 1. The molecular weight excluding hydrogens is 261 g/mol. The fraction of sp³-hybridized carbons (Fsp3) is 0.533. The molecule has 0 saturated carbocycles. The molecule has 5 heteroatoms. The van der Waals surface area contributed by atoms with Crippen molar-refractivity contribution in [2.45, 2.75) is 25.4 Å². The zero-order valence-corrected chi connectivity index (χ0v) is 11.9. The highest BCUT2D eigenvalue weighted by molar-refractivity contribution is 6.00. The highest BCUT2D eigenvalue weighted by Gasteiger charge is 2.28. The summed E-state index contributed by atoms with van der Waals surface area (Å²) in [5.74, 6) is -0.223. The smallest absolute Gasteiger partial charge is 0.180 e. The van der Waals surface area contributed by atoms with Crippen LogP contribution in [0.1, 0.15) is 30.1 Å². The first-order chi connectivity index (χ1) is 9.41. The molecule has 1 aliphatic heterocycles. The van der Waals surface area contributed by atoms with E-state index in [1.807, 2.05) is 11.8 Å². The molecule has 0 atom stereocenters. The van der Waals surface area contributed by atoms with Gasteiger partial charge in [0, 0.05) is 13.1 Å². The van der Waals surface area contributed by atoms with Crippen molar-refractivity contribution < 1.29 is 19.0 Å². The lowest BCUT2D eigenvalue weighted by Crippen LogP contribution is -2.44. The van der Waals surface area contributed by atoms with Crippen LogP contribution in [0.2, 0.25) is 0 Å². The largest absolute Gasteiger partial charge is 0.496 e. The summed E-state index contributed by atoms with van der Waals surface area (Å²) in [7, 11) is 1.46. The highest BCUT2D eigenvalue weighted by atomic mass is 19.1. The van der Waals surface area contributed by atoms with Gasteiger partial charge in [-0.15, -0.1) is 0 Å². The predicted molar refractivity (Wildman–Crippen MR) is 73.6 cm³/mol. The van der Waals surface area contributed by atoms with Crippen LogP contribution in [0.3, 0.4) is 0 Å². The fourth-order valence-electron chi connectivity index (χ4n) is 2.38. The normalized spacial score (nSPS) is 18.8. The number of rotatable bonds is 4. The van der Waals surface area contributed by atoms with E-state index < -0.39 is 11.4 Å². The van der Waals surface area contributed by atoms with Crippen molar-refractivity contribution in [2.75, 3.05) is 26.7 Å². The van der Waals surface area contributed by atoms with Crippen molar-refractivity contribution in [3.8, 4) is 5.75 Å². The molecule has 1 aromatic carbocycles. The van der Waals surface area contributed by atoms with Crippen molar-refractivity contribution in [3.63, 3.8) is 0 Å². The number of halogens is 1. The Morgan fingerprint density at radius 2 is 2.10 bits per heavy atom. The van der Waals surface area contributed by atoms with E-state index in [9.17, 15) is 14.3 Å². The van der Waals surface area contributed by atoms with E-state index in [1.165, 1.54) is 25.3 Å². The minimum atomic E-state index is -0.643. The monoisotopic (exact) mass is 281 g/mol. The number of Topliss-reactive ketones (excluding diaryl/α,β-unsaturated/α-hetero) is 1. The van der Waals surface area contributed by atoms with Crippen LogP contribution in [0.15, 0.2) is 18.2 Å². The molecule has 1 N–H and O–H groups in total. The summed E-state index contributed by atoms with van der Waals surface area (Å²) in [5, 5.41) is 9.88. The number of hydrogen-bond donors (Lipinski definition) is 1. The molecule has 0 aromatic heterocycles. The summed E-state index contributed by atoms with van der Waals surface area (Å²) in [6.07, 6.45) is 1.28. The van der Waals surface area contributed by atoms with E-state index in [2.05, 4.69) is 0 Å². The van der Waals surface area contributed by atoms with Gasteiger partial charge in [0.1, 0.15) is 11.6 Å². The number of aliphatic hydroxyl groups is 1. The molecule has 2 rings (SSSR count). The molecule has 0 unspecified atom stereocenters. The van der Waals surface area contributed by atoms with Gasteiger partial charge in [0.25, 0.3) is 0 Å². The summed E-state index contributed by atoms with van der Waals surface area (Å²) < 4.78 is 18.4. The molecule has 1 heterocycles. The van der Waals surface area contributed by atoms with Crippen molar-refractivity contribution in [1.82, 2.24) is 4.90 Å². The zero-order chi connectivity index (χ0) is 14.8. The Hall–Kier alpha value is -1.46. The zero-order valence-electron chi connectivity index (χ0n) is 11.9. The summed E-state index contributed by atoms with van der Waals surface area (Å²) in [6, 6.07) is 3.94. The molecule has 0 amide bonds. The van der Waals surface area contributed by atoms with Crippen molar-refractivity contribution in [2.24, 2.45) is 0 Å². The topological polar surface area (TPSA) is 49.8 Å². The molecule has 1 aliphatic rings. The number of piperidine rings is 1. The molecule has 20 heavy (non-hydrogen) atoms. The number of carbonyl (C=O) groups is 1. The Morgan fingerprint density at radius 3 is 2.70 bits per heavy atom. The average Bonchev–Trinajstić information content (AvgIpc) is 2.41. The fourth-order valence-corrected chi connectivity index (χ4v) is 2.38. The molecule has 0 spiro atoms. The van der Waals surface area contributed by atoms with Crippen LogP contribution in [-0.2, 0) is 0 Å². The lowest BCUT2D eigenvalue weighted by Gasteiger charge is -2.35. The third-order valence-electron chi connectivity index (χ3n) is 3.76. The molecule has 1 fully saturated rings. The number of ether oxygens (including phenoxy) is 1. The third kappa shape index (κ3) is 3.55. The van der Waals surface area contributed by atoms with E-state index >= 15 is 0 Å². The predicted octanol–water partition coefficient (Wildman–Crippen LogP) is 1.86. The lowest BCUT2D eigenvalue weighted by atomic mass is 9.93. The second-order valence-corrected chi connectivity index (χ2v) is 5.54. The summed E-state index contributed by atoms with van der Waals surface area (Å²) in [5.41, 5.74) is -0.374. The summed E-state index contributed by atoms with van der Waals surface area (Å²) in [4.78, 5) is 14.2. The molecule has 4 nitrogen and oxygen atoms in total. The van der Waals surface area contributed by atoms with Crippen LogP contribution in [-0.4, -0.2) is 48.1 Å². The summed E-state index contributed by atoms with van der Waals surface area (Å²) in [6.45, 7) is 3.35. The molecule has 1 saturated heterocycles. The van der Waals surface area contributed by atoms with Gasteiger partial charge < -0.3 is 9.84 Å². The Balaban J connectivity index is 2.04. The number of hydrogen-bond acceptors (Lipinski definition) is 4. The molecule has 1 aromatic rings. The standard InChI is InChI=1S/C15H20FNO3/c1-15(19)5-7-17(8-6-15)10-13(18)12-9-11(16)3-4-14(12)20-2/h3-4,9,19H,5-8,10H2,1-2H3. The van der Waals surface area contributed by atoms with Gasteiger partial charge in [-0.05, 0) is 38.0 Å². The second kappa shape index (κ2) is 5.89. The molecule has 110 valence electrons. The molecule has 0 aliphatic carbocycles. The first-order valence-corrected chi connectivity index (χ1v) is 6.73. The second-order valence-electron chi connectivity index (χ2n) is 5.54. The van der Waals surface area contributed by atoms with Crippen LogP contribution in [0.25, 0.3) is 0 Å². The summed E-state index contributed by atoms with van der Waals surface area (Å²) >= 11 is 0. The third-order valence-corrected chi connectivity index (χ3v) is 3.76. The van der Waals surface area contributed by atoms with Gasteiger partial charge in [-0.2, -0.15) is 0 Å². The highest BCUT2D eigenvalue weighted by Crippen LogP contribution is 2.23. The first-order valence-electron chi connectivity index (χ1n) is 6.73. The van der Waals surface area contributed by atoms with Crippen LogP contribution < -0.4 is 4.74 Å². The Labute approximate surface area is 118 Å². The minimum Gasteiger partial charge on any atom is -0.496 e. The van der Waals surface area contributed by atoms with E-state index in [0.29, 0.717) is 31.7 Å². The van der Waals surface area contributed by atoms with Gasteiger partial charge >= 0.3 is 0 Å². The van der Waals surface area contributed by atoms with E-state index in [-0.39, 0.29) is 17.9 Å². The SMILES string of the molecule is COc1ccc(F)cc1C(=O)CN1CCC(C)(O)CC1. The van der Waals surface area contributed by atoms with Crippen LogP contribution in [0, 0.1) is 5.82 Å². The first kappa shape index (κ1) is 14.9. The Bertz CT molecular complexity index is 492. The van der Waals surface area contributed by atoms with E-state index in [4.69, 9.17) is 4.74 Å². The van der Waals surface area contributed by atoms with Gasteiger partial charge in [0.05, 0.1) is 24.8 Å². The Morgan fingerprint density at radius 1 is 1.45 bits per heavy atom. The van der Waals surface area contributed by atoms with Crippen LogP contribution in [0.4, 0.5) is 4.39 Å². The Kier molecular flexibility index (Phi) is 4.40. The molecule has 0 radical (unpaired) electrons. The van der Waals surface area contributed by atoms with Gasteiger partial charge in [-0.3, -0.25) is 9.69 Å². The lowest BCUT2D eigenvalue weighted by molar-refractivity contribution is -0.00422.